The molecule has 2 aromatic carbocycles. The molecule has 0 spiro atoms. The molecule has 22 heavy (non-hydrogen) atoms. The van der Waals surface area contributed by atoms with Gasteiger partial charge in [0.25, 0.3) is 0 Å². The number of halogens is 1. The summed E-state index contributed by atoms with van der Waals surface area (Å²) >= 11 is 0. The molecule has 1 unspecified atom stereocenters. The molecule has 3 aromatic rings. The van der Waals surface area contributed by atoms with Crippen molar-refractivity contribution >= 4 is 23.4 Å². The highest BCUT2D eigenvalue weighted by molar-refractivity contribution is 5.85. The van der Waals surface area contributed by atoms with Crippen LogP contribution in [-0.4, -0.2) is 9.55 Å². The SMILES string of the molecule is Cl.NC1CCn2c(CCc3ccccc3)nc3cccc1c32. The highest BCUT2D eigenvalue weighted by atomic mass is 35.5. The molecule has 114 valence electrons. The second-order valence-corrected chi connectivity index (χ2v) is 5.78. The molecule has 0 saturated heterocycles. The van der Waals surface area contributed by atoms with Crippen molar-refractivity contribution in [1.29, 1.82) is 0 Å². The zero-order valence-electron chi connectivity index (χ0n) is 12.4. The van der Waals surface area contributed by atoms with E-state index in [9.17, 15) is 0 Å². The second kappa shape index (κ2) is 6.11. The lowest BCUT2D eigenvalue weighted by Crippen LogP contribution is -2.20. The summed E-state index contributed by atoms with van der Waals surface area (Å²) in [6.07, 6.45) is 3.01. The van der Waals surface area contributed by atoms with E-state index < -0.39 is 0 Å². The molecule has 0 amide bonds. The largest absolute Gasteiger partial charge is 0.328 e. The Morgan fingerprint density at radius 1 is 1.05 bits per heavy atom. The van der Waals surface area contributed by atoms with Gasteiger partial charge in [0.1, 0.15) is 5.82 Å². The second-order valence-electron chi connectivity index (χ2n) is 5.78. The van der Waals surface area contributed by atoms with E-state index in [0.29, 0.717) is 0 Å². The molecular weight excluding hydrogens is 294 g/mol. The van der Waals surface area contributed by atoms with Crippen molar-refractivity contribution in [2.45, 2.75) is 31.8 Å². The van der Waals surface area contributed by atoms with Crippen LogP contribution in [0.2, 0.25) is 0 Å². The van der Waals surface area contributed by atoms with Gasteiger partial charge in [-0.05, 0) is 30.0 Å². The molecule has 0 fully saturated rings. The van der Waals surface area contributed by atoms with Crippen molar-refractivity contribution < 1.29 is 0 Å². The van der Waals surface area contributed by atoms with Gasteiger partial charge in [-0.2, -0.15) is 0 Å². The molecule has 1 aliphatic rings. The summed E-state index contributed by atoms with van der Waals surface area (Å²) < 4.78 is 2.37. The van der Waals surface area contributed by atoms with E-state index >= 15 is 0 Å². The predicted molar refractivity (Wildman–Crippen MR) is 92.4 cm³/mol. The van der Waals surface area contributed by atoms with Gasteiger partial charge < -0.3 is 10.3 Å². The molecule has 0 bridgehead atoms. The summed E-state index contributed by atoms with van der Waals surface area (Å²) in [5.41, 5.74) is 11.2. The normalized spacial score (nSPS) is 16.5. The van der Waals surface area contributed by atoms with E-state index in [0.717, 1.165) is 31.3 Å². The highest BCUT2D eigenvalue weighted by Gasteiger charge is 2.22. The van der Waals surface area contributed by atoms with E-state index in [4.69, 9.17) is 10.7 Å². The van der Waals surface area contributed by atoms with E-state index in [-0.39, 0.29) is 18.4 Å². The van der Waals surface area contributed by atoms with Gasteiger partial charge in [-0.1, -0.05) is 42.5 Å². The summed E-state index contributed by atoms with van der Waals surface area (Å²) in [6, 6.07) is 17.1. The summed E-state index contributed by atoms with van der Waals surface area (Å²) in [5, 5.41) is 0. The smallest absolute Gasteiger partial charge is 0.110 e. The van der Waals surface area contributed by atoms with Crippen LogP contribution in [0.1, 0.15) is 29.4 Å². The third-order valence-corrected chi connectivity index (χ3v) is 4.42. The first-order valence-electron chi connectivity index (χ1n) is 7.60. The fourth-order valence-corrected chi connectivity index (χ4v) is 3.32. The first-order chi connectivity index (χ1) is 10.3. The number of benzene rings is 2. The molecule has 2 N–H and O–H groups in total. The van der Waals surface area contributed by atoms with E-state index in [1.807, 2.05) is 0 Å². The average Bonchev–Trinajstić information content (AvgIpc) is 2.89. The zero-order chi connectivity index (χ0) is 14.2. The molecule has 2 heterocycles. The summed E-state index contributed by atoms with van der Waals surface area (Å²) in [7, 11) is 0. The van der Waals surface area contributed by atoms with Gasteiger partial charge in [0.05, 0.1) is 11.0 Å². The van der Waals surface area contributed by atoms with Gasteiger partial charge in [0.2, 0.25) is 0 Å². The third-order valence-electron chi connectivity index (χ3n) is 4.42. The van der Waals surface area contributed by atoms with Gasteiger partial charge in [-0.3, -0.25) is 0 Å². The Balaban J connectivity index is 0.00000144. The molecule has 3 nitrogen and oxygen atoms in total. The number of aryl methyl sites for hydroxylation is 3. The lowest BCUT2D eigenvalue weighted by molar-refractivity contribution is 0.529. The minimum absolute atomic E-state index is 0. The molecule has 1 aromatic heterocycles. The van der Waals surface area contributed by atoms with Crippen LogP contribution in [0.3, 0.4) is 0 Å². The fraction of sp³-hybridized carbons (Fsp3) is 0.278. The minimum atomic E-state index is 0. The van der Waals surface area contributed by atoms with Crippen LogP contribution >= 0.6 is 12.4 Å². The standard InChI is InChI=1S/C18H19N3.ClH/c19-15-11-12-21-17(10-9-13-5-2-1-3-6-13)20-16-8-4-7-14(15)18(16)21;/h1-8,15H,9-12,19H2;1H. The van der Waals surface area contributed by atoms with E-state index in [1.54, 1.807) is 0 Å². The number of imidazole rings is 1. The van der Waals surface area contributed by atoms with Gasteiger partial charge >= 0.3 is 0 Å². The van der Waals surface area contributed by atoms with Crippen LogP contribution < -0.4 is 5.73 Å². The first kappa shape index (κ1) is 15.1. The molecular formula is C18H20ClN3. The Bertz CT molecular complexity index is 780. The number of rotatable bonds is 3. The minimum Gasteiger partial charge on any atom is -0.328 e. The van der Waals surface area contributed by atoms with Crippen LogP contribution in [0.25, 0.3) is 11.0 Å². The molecule has 0 saturated carbocycles. The maximum atomic E-state index is 6.24. The number of hydrogen-bond donors (Lipinski definition) is 1. The van der Waals surface area contributed by atoms with Crippen LogP contribution in [0.5, 0.6) is 0 Å². The monoisotopic (exact) mass is 313 g/mol. The van der Waals surface area contributed by atoms with Gasteiger partial charge in [-0.15, -0.1) is 12.4 Å². The average molecular weight is 314 g/mol. The van der Waals surface area contributed by atoms with Crippen LogP contribution in [0.15, 0.2) is 48.5 Å². The predicted octanol–water partition coefficient (Wildman–Crippen LogP) is 3.65. The molecule has 0 aliphatic carbocycles. The molecule has 1 atom stereocenters. The van der Waals surface area contributed by atoms with E-state index in [2.05, 4.69) is 53.1 Å². The van der Waals surface area contributed by atoms with Crippen molar-refractivity contribution in [3.63, 3.8) is 0 Å². The Hall–Kier alpha value is -1.84. The summed E-state index contributed by atoms with van der Waals surface area (Å²) in [4.78, 5) is 4.84. The maximum absolute atomic E-state index is 6.24. The fourth-order valence-electron chi connectivity index (χ4n) is 3.32. The first-order valence-corrected chi connectivity index (χ1v) is 7.60. The summed E-state index contributed by atoms with van der Waals surface area (Å²) in [6.45, 7) is 0.985. The Morgan fingerprint density at radius 3 is 2.68 bits per heavy atom. The molecule has 4 rings (SSSR count). The van der Waals surface area contributed by atoms with Crippen molar-refractivity contribution in [3.8, 4) is 0 Å². The quantitative estimate of drug-likeness (QED) is 0.802. The van der Waals surface area contributed by atoms with E-state index in [1.165, 1.54) is 22.5 Å². The Labute approximate surface area is 136 Å². The van der Waals surface area contributed by atoms with Crippen molar-refractivity contribution in [2.24, 2.45) is 5.73 Å². The lowest BCUT2D eigenvalue weighted by Gasteiger charge is -2.22. The third kappa shape index (κ3) is 2.51. The number of para-hydroxylation sites is 1. The van der Waals surface area contributed by atoms with Gasteiger partial charge in [-0.25, -0.2) is 4.98 Å². The van der Waals surface area contributed by atoms with Crippen LogP contribution in [0.4, 0.5) is 0 Å². The zero-order valence-corrected chi connectivity index (χ0v) is 13.2. The topological polar surface area (TPSA) is 43.8 Å². The van der Waals surface area contributed by atoms with Crippen molar-refractivity contribution in [3.05, 3.63) is 65.5 Å². The van der Waals surface area contributed by atoms with Gasteiger partial charge in [0, 0.05) is 19.0 Å². The molecule has 4 heteroatoms. The van der Waals surface area contributed by atoms with Crippen LogP contribution in [-0.2, 0) is 19.4 Å². The number of nitrogens with zero attached hydrogens (tertiary/aromatic N) is 2. The lowest BCUT2D eigenvalue weighted by atomic mass is 10.00. The molecule has 0 radical (unpaired) electrons. The van der Waals surface area contributed by atoms with Gasteiger partial charge in [0.15, 0.2) is 0 Å². The van der Waals surface area contributed by atoms with Crippen molar-refractivity contribution in [1.82, 2.24) is 9.55 Å². The Kier molecular flexibility index (Phi) is 4.19. The van der Waals surface area contributed by atoms with Crippen LogP contribution in [0, 0.1) is 0 Å². The number of hydrogen-bond acceptors (Lipinski definition) is 2. The van der Waals surface area contributed by atoms with Crippen molar-refractivity contribution in [2.75, 3.05) is 0 Å². The maximum Gasteiger partial charge on any atom is 0.110 e. The number of nitrogens with two attached hydrogens (primary N) is 1. The highest BCUT2D eigenvalue weighted by Crippen LogP contribution is 2.31. The number of aromatic nitrogens is 2. The molecule has 1 aliphatic heterocycles. The Morgan fingerprint density at radius 2 is 1.86 bits per heavy atom. The summed E-state index contributed by atoms with van der Waals surface area (Å²) in [5.74, 6) is 1.19.